The van der Waals surface area contributed by atoms with E-state index in [1.807, 2.05) is 77.9 Å². The fourth-order valence-corrected chi connectivity index (χ4v) is 9.26. The van der Waals surface area contributed by atoms with Gasteiger partial charge in [-0.3, -0.25) is 13.6 Å². The molecule has 0 spiro atoms. The van der Waals surface area contributed by atoms with Gasteiger partial charge in [0, 0.05) is 0 Å². The Balaban J connectivity index is 1.61. The van der Waals surface area contributed by atoms with E-state index in [2.05, 4.69) is 57.2 Å². The third kappa shape index (κ3) is 27.3. The van der Waals surface area contributed by atoms with E-state index in [9.17, 15) is 0 Å². The molecule has 67 heavy (non-hydrogen) atoms. The third-order valence-corrected chi connectivity index (χ3v) is 13.2. The molecule has 3 aromatic carbocycles. The minimum atomic E-state index is -2.06. The maximum Gasteiger partial charge on any atom is 0.339 e. The predicted octanol–water partition coefficient (Wildman–Crippen LogP) is 17.5. The summed E-state index contributed by atoms with van der Waals surface area (Å²) in [4.78, 5) is 0. The number of aryl methyl sites for hydroxylation is 3. The van der Waals surface area contributed by atoms with Crippen molar-refractivity contribution in [1.82, 2.24) is 0 Å². The average Bonchev–Trinajstić information content (AvgIpc) is 3.29. The minimum absolute atomic E-state index is 0.603. The van der Waals surface area contributed by atoms with E-state index in [4.69, 9.17) is 42.0 Å². The van der Waals surface area contributed by atoms with Gasteiger partial charge in [-0.1, -0.05) is 191 Å². The summed E-state index contributed by atoms with van der Waals surface area (Å²) in [5, 5.41) is 0. The fourth-order valence-electron chi connectivity index (χ4n) is 8.24. The van der Waals surface area contributed by atoms with E-state index in [1.54, 1.807) is 0 Å². The highest BCUT2D eigenvalue weighted by molar-refractivity contribution is 7.41. The Bertz CT molecular complexity index is 1450. The number of benzene rings is 3. The molecule has 380 valence electrons. The van der Waals surface area contributed by atoms with E-state index >= 15 is 0 Å². The molecule has 0 saturated heterocycles. The predicted molar refractivity (Wildman–Crippen MR) is 277 cm³/mol. The Morgan fingerprint density at radius 2 is 0.552 bits per heavy atom. The number of rotatable bonds is 42. The second-order valence-corrected chi connectivity index (χ2v) is 19.2. The van der Waals surface area contributed by atoms with E-state index in [-0.39, 0.29) is 0 Å². The molecule has 9 nitrogen and oxygen atoms in total. The maximum atomic E-state index is 6.35. The topological polar surface area (TPSA) is 83.1 Å². The zero-order valence-corrected chi connectivity index (χ0v) is 44.4. The fraction of sp³-hybridized carbons (Fsp3) is 0.684. The van der Waals surface area contributed by atoms with Crippen LogP contribution in [0.1, 0.15) is 214 Å². The van der Waals surface area contributed by atoms with E-state index in [0.717, 1.165) is 55.8 Å². The smallest absolute Gasteiger partial charge is 0.339 e. The van der Waals surface area contributed by atoms with Crippen molar-refractivity contribution >= 4 is 8.60 Å². The van der Waals surface area contributed by atoms with Gasteiger partial charge >= 0.3 is 8.60 Å². The molecule has 0 N–H and O–H groups in total. The molecule has 0 heterocycles. The molecule has 3 rings (SSSR count). The van der Waals surface area contributed by atoms with Crippen LogP contribution in [-0.4, -0.2) is 37.7 Å². The monoisotopic (exact) mass is 953 g/mol. The van der Waals surface area contributed by atoms with Crippen molar-refractivity contribution in [3.8, 4) is 17.2 Å². The Morgan fingerprint density at radius 1 is 0.313 bits per heavy atom. The van der Waals surface area contributed by atoms with Gasteiger partial charge in [0.15, 0.2) is 37.7 Å². The molecular weight excluding hydrogens is 860 g/mol. The molecule has 0 amide bonds. The Labute approximate surface area is 410 Å². The largest absolute Gasteiger partial charge is 0.465 e. The molecule has 6 atom stereocenters. The van der Waals surface area contributed by atoms with Crippen molar-refractivity contribution in [3.05, 3.63) is 89.5 Å². The molecule has 6 unspecified atom stereocenters. The number of ether oxygens (including phenoxy) is 6. The third-order valence-electron chi connectivity index (χ3n) is 11.8. The average molecular weight is 953 g/mol. The summed E-state index contributed by atoms with van der Waals surface area (Å²) < 4.78 is 56.8. The Kier molecular flexibility index (Phi) is 32.5. The lowest BCUT2D eigenvalue weighted by molar-refractivity contribution is -0.208. The van der Waals surface area contributed by atoms with Crippen LogP contribution in [-0.2, 0) is 47.0 Å². The Morgan fingerprint density at radius 3 is 0.821 bits per heavy atom. The van der Waals surface area contributed by atoms with Crippen LogP contribution in [0.15, 0.2) is 72.8 Å². The molecule has 10 heteroatoms. The van der Waals surface area contributed by atoms with Crippen LogP contribution in [0.5, 0.6) is 17.2 Å². The molecule has 0 radical (unpaired) electrons. The summed E-state index contributed by atoms with van der Waals surface area (Å²) in [6.45, 7) is 17.8. The van der Waals surface area contributed by atoms with Crippen LogP contribution in [0, 0.1) is 0 Å². The summed E-state index contributed by atoms with van der Waals surface area (Å²) in [6.07, 6.45) is 25.4. The van der Waals surface area contributed by atoms with Crippen molar-refractivity contribution < 1.29 is 42.0 Å². The lowest BCUT2D eigenvalue weighted by atomic mass is 10.0. The van der Waals surface area contributed by atoms with Gasteiger partial charge in [-0.25, -0.2) is 0 Å². The summed E-state index contributed by atoms with van der Waals surface area (Å²) >= 11 is 0. The number of unbranched alkanes of at least 4 members (excludes halogenated alkanes) is 18. The van der Waals surface area contributed by atoms with Gasteiger partial charge in [0.1, 0.15) is 17.2 Å². The zero-order chi connectivity index (χ0) is 48.3. The molecule has 0 fully saturated rings. The highest BCUT2D eigenvalue weighted by Gasteiger charge is 2.27. The van der Waals surface area contributed by atoms with E-state index in [1.165, 1.54) is 132 Å². The van der Waals surface area contributed by atoms with Gasteiger partial charge in [-0.2, -0.15) is 0 Å². The lowest BCUT2D eigenvalue weighted by Gasteiger charge is -2.29. The quantitative estimate of drug-likeness (QED) is 0.0313. The summed E-state index contributed by atoms with van der Waals surface area (Å²) in [5.41, 5.74) is 3.54. The first-order chi connectivity index (χ1) is 32.6. The van der Waals surface area contributed by atoms with Crippen LogP contribution in [0.25, 0.3) is 0 Å². The first-order valence-electron chi connectivity index (χ1n) is 26.6. The normalized spacial score (nSPS) is 14.8. The molecule has 0 saturated carbocycles. The minimum Gasteiger partial charge on any atom is -0.465 e. The Hall–Kier alpha value is -2.75. The molecule has 0 aliphatic rings. The van der Waals surface area contributed by atoms with E-state index in [0.29, 0.717) is 0 Å². The van der Waals surface area contributed by atoms with Crippen LogP contribution in [0.3, 0.4) is 0 Å². The SMILES string of the molecule is CCCCCCCCCc1ccccc1OC(C)OC(C)OP(OC(C)OC(C)Oc1ccccc1CCCCCCCCC)OC(C)OC(C)Oc1ccccc1CCCCCCCCC. The molecule has 0 aliphatic heterocycles. The molecule has 3 aromatic rings. The maximum absolute atomic E-state index is 6.35. The standard InChI is InChI=1S/C57H93O9P/c1-10-13-16-19-22-25-28-37-52-40-31-34-43-55(52)61-46(4)58-49(7)64-67(65-50(8)59-47(5)62-56-44-35-32-41-53(56)38-29-26-23-20-17-14-11-2)66-51(9)60-48(6)63-57-45-36-33-42-54(57)39-30-27-24-21-18-15-12-3/h31-36,40-51H,10-30,37-39H2,1-9H3. The van der Waals surface area contributed by atoms with Crippen LogP contribution >= 0.6 is 8.60 Å². The molecule has 0 aromatic heterocycles. The number of hydrogen-bond acceptors (Lipinski definition) is 9. The van der Waals surface area contributed by atoms with Crippen LogP contribution in [0.2, 0.25) is 0 Å². The van der Waals surface area contributed by atoms with Crippen molar-refractivity contribution in [3.63, 3.8) is 0 Å². The summed E-state index contributed by atoms with van der Waals surface area (Å²) in [7, 11) is -2.06. The van der Waals surface area contributed by atoms with Gasteiger partial charge in [-0.05, 0) is 115 Å². The van der Waals surface area contributed by atoms with E-state index < -0.39 is 46.3 Å². The van der Waals surface area contributed by atoms with Gasteiger partial charge in [0.05, 0.1) is 0 Å². The lowest BCUT2D eigenvalue weighted by Crippen LogP contribution is -2.28. The van der Waals surface area contributed by atoms with Crippen molar-refractivity contribution in [2.45, 2.75) is 254 Å². The molecule has 0 aliphatic carbocycles. The zero-order valence-electron chi connectivity index (χ0n) is 43.5. The van der Waals surface area contributed by atoms with Gasteiger partial charge in [-0.15, -0.1) is 0 Å². The van der Waals surface area contributed by atoms with Crippen molar-refractivity contribution in [2.75, 3.05) is 0 Å². The second-order valence-electron chi connectivity index (χ2n) is 18.1. The van der Waals surface area contributed by atoms with Gasteiger partial charge in [0.2, 0.25) is 0 Å². The summed E-state index contributed by atoms with van der Waals surface area (Å²) in [6, 6.07) is 24.6. The van der Waals surface area contributed by atoms with Crippen molar-refractivity contribution in [1.29, 1.82) is 0 Å². The molecular formula is C57H93O9P. The second kappa shape index (κ2) is 37.1. The number of para-hydroxylation sites is 3. The first kappa shape index (κ1) is 58.6. The highest BCUT2D eigenvalue weighted by atomic mass is 31.2. The first-order valence-corrected chi connectivity index (χ1v) is 27.7. The van der Waals surface area contributed by atoms with Crippen molar-refractivity contribution in [2.24, 2.45) is 0 Å². The van der Waals surface area contributed by atoms with Crippen LogP contribution < -0.4 is 14.2 Å². The van der Waals surface area contributed by atoms with Gasteiger partial charge < -0.3 is 28.4 Å². The highest BCUT2D eigenvalue weighted by Crippen LogP contribution is 2.45. The summed E-state index contributed by atoms with van der Waals surface area (Å²) in [5.74, 6) is 2.47. The van der Waals surface area contributed by atoms with Crippen LogP contribution in [0.4, 0.5) is 0 Å². The van der Waals surface area contributed by atoms with Gasteiger partial charge in [0.25, 0.3) is 0 Å². The molecule has 0 bridgehead atoms. The number of hydrogen-bond donors (Lipinski definition) is 0.